The molecule has 3 aromatic rings. The van der Waals surface area contributed by atoms with Crippen LogP contribution in [0, 0.1) is 5.82 Å². The summed E-state index contributed by atoms with van der Waals surface area (Å²) in [6, 6.07) is 10.4. The number of nitrogens with zero attached hydrogens (tertiary/aromatic N) is 3. The number of fused-ring (bicyclic) bond motifs is 4. The van der Waals surface area contributed by atoms with Crippen LogP contribution in [0.2, 0.25) is 0 Å². The third kappa shape index (κ3) is 2.00. The maximum absolute atomic E-state index is 14.4. The molecular weight excluding hydrogens is 335 g/mol. The maximum Gasteiger partial charge on any atom is 0.283 e. The van der Waals surface area contributed by atoms with E-state index >= 15 is 0 Å². The highest BCUT2D eigenvalue weighted by atomic mass is 19.1. The summed E-state index contributed by atoms with van der Waals surface area (Å²) in [6.45, 7) is 0.181. The average Bonchev–Trinajstić information content (AvgIpc) is 3.06. The minimum Gasteiger partial charge on any atom is -0.462 e. The molecule has 0 unspecified atom stereocenters. The van der Waals surface area contributed by atoms with Gasteiger partial charge in [0, 0.05) is 29.1 Å². The molecule has 1 spiro atoms. The lowest BCUT2D eigenvalue weighted by Crippen LogP contribution is -2.31. The molecule has 1 aromatic heterocycles. The number of nitrogens with two attached hydrogens (primary N) is 1. The largest absolute Gasteiger partial charge is 0.462 e. The van der Waals surface area contributed by atoms with E-state index in [0.29, 0.717) is 11.3 Å². The van der Waals surface area contributed by atoms with Gasteiger partial charge in [0.1, 0.15) is 18.7 Å². The first-order valence-electron chi connectivity index (χ1n) is 8.02. The molecule has 0 aliphatic carbocycles. The van der Waals surface area contributed by atoms with Crippen LogP contribution in [0.25, 0.3) is 11.1 Å². The van der Waals surface area contributed by atoms with Crippen LogP contribution in [0.4, 0.5) is 4.39 Å². The number of amidine groups is 1. The van der Waals surface area contributed by atoms with Gasteiger partial charge in [-0.05, 0) is 23.8 Å². The molecular formula is C19H13FN4O2. The summed E-state index contributed by atoms with van der Waals surface area (Å²) in [4.78, 5) is 12.6. The van der Waals surface area contributed by atoms with E-state index < -0.39 is 11.4 Å². The van der Waals surface area contributed by atoms with Gasteiger partial charge in [0.15, 0.2) is 17.1 Å². The Bertz CT molecular complexity index is 1050. The van der Waals surface area contributed by atoms with E-state index in [9.17, 15) is 4.39 Å². The van der Waals surface area contributed by atoms with E-state index in [1.54, 1.807) is 30.6 Å². The molecule has 0 radical (unpaired) electrons. The van der Waals surface area contributed by atoms with Crippen LogP contribution in [0.3, 0.4) is 0 Å². The van der Waals surface area contributed by atoms with Gasteiger partial charge in [-0.1, -0.05) is 18.2 Å². The first-order chi connectivity index (χ1) is 12.7. The summed E-state index contributed by atoms with van der Waals surface area (Å²) in [7, 11) is 0. The molecule has 2 aromatic carbocycles. The predicted molar refractivity (Wildman–Crippen MR) is 92.3 cm³/mol. The SMILES string of the molecule is NC1=N[C@]2(CO1)c1cc(-c3cncnc3)ccc1Oc1c(F)cccc12. The summed E-state index contributed by atoms with van der Waals surface area (Å²) in [6.07, 6.45) is 4.92. The van der Waals surface area contributed by atoms with Gasteiger partial charge < -0.3 is 15.2 Å². The minimum absolute atomic E-state index is 0.0708. The Kier molecular flexibility index (Phi) is 3.00. The fourth-order valence-electron chi connectivity index (χ4n) is 3.47. The number of hydrogen-bond acceptors (Lipinski definition) is 6. The third-order valence-corrected chi connectivity index (χ3v) is 4.67. The zero-order valence-corrected chi connectivity index (χ0v) is 13.5. The molecule has 0 saturated carbocycles. The molecule has 0 bridgehead atoms. The van der Waals surface area contributed by atoms with Gasteiger partial charge in [0.05, 0.1) is 0 Å². The fourth-order valence-corrected chi connectivity index (χ4v) is 3.47. The number of halogens is 1. The van der Waals surface area contributed by atoms with Gasteiger partial charge in [-0.2, -0.15) is 0 Å². The van der Waals surface area contributed by atoms with Crippen molar-refractivity contribution < 1.29 is 13.9 Å². The molecule has 128 valence electrons. The Morgan fingerprint density at radius 1 is 1.04 bits per heavy atom. The fraction of sp³-hybridized carbons (Fsp3) is 0.105. The van der Waals surface area contributed by atoms with Crippen molar-refractivity contribution in [3.8, 4) is 22.6 Å². The van der Waals surface area contributed by atoms with E-state index in [0.717, 1.165) is 16.7 Å². The normalized spacial score (nSPS) is 20.0. The van der Waals surface area contributed by atoms with Crippen molar-refractivity contribution in [1.82, 2.24) is 9.97 Å². The van der Waals surface area contributed by atoms with Crippen molar-refractivity contribution in [2.45, 2.75) is 5.54 Å². The molecule has 5 rings (SSSR count). The van der Waals surface area contributed by atoms with Gasteiger partial charge in [-0.15, -0.1) is 0 Å². The van der Waals surface area contributed by atoms with Crippen molar-refractivity contribution >= 4 is 6.02 Å². The molecule has 2 aliphatic heterocycles. The summed E-state index contributed by atoms with van der Waals surface area (Å²) >= 11 is 0. The van der Waals surface area contributed by atoms with Crippen molar-refractivity contribution in [2.75, 3.05) is 6.61 Å². The van der Waals surface area contributed by atoms with Gasteiger partial charge in [0.25, 0.3) is 6.02 Å². The van der Waals surface area contributed by atoms with Gasteiger partial charge >= 0.3 is 0 Å². The molecule has 3 heterocycles. The number of benzene rings is 2. The van der Waals surface area contributed by atoms with Crippen LogP contribution >= 0.6 is 0 Å². The average molecular weight is 348 g/mol. The van der Waals surface area contributed by atoms with Crippen molar-refractivity contribution in [3.05, 3.63) is 72.1 Å². The molecule has 0 saturated heterocycles. The van der Waals surface area contributed by atoms with Crippen LogP contribution < -0.4 is 10.5 Å². The van der Waals surface area contributed by atoms with E-state index in [1.807, 2.05) is 12.1 Å². The van der Waals surface area contributed by atoms with Crippen LogP contribution in [-0.2, 0) is 10.3 Å². The molecule has 2 N–H and O–H groups in total. The number of aliphatic imine (C=N–C) groups is 1. The lowest BCUT2D eigenvalue weighted by molar-refractivity contribution is 0.262. The van der Waals surface area contributed by atoms with Crippen LogP contribution in [0.5, 0.6) is 11.5 Å². The summed E-state index contributed by atoms with van der Waals surface area (Å²) in [5.74, 6) is 0.219. The number of para-hydroxylation sites is 1. The Hall–Kier alpha value is -3.48. The molecule has 0 amide bonds. The second kappa shape index (κ2) is 5.26. The molecule has 0 fully saturated rings. The topological polar surface area (TPSA) is 82.6 Å². The first-order valence-corrected chi connectivity index (χ1v) is 8.02. The van der Waals surface area contributed by atoms with Gasteiger partial charge in [-0.3, -0.25) is 0 Å². The Morgan fingerprint density at radius 3 is 2.65 bits per heavy atom. The van der Waals surface area contributed by atoms with Crippen molar-refractivity contribution in [3.63, 3.8) is 0 Å². The summed E-state index contributed by atoms with van der Waals surface area (Å²) in [5.41, 5.74) is 7.97. The summed E-state index contributed by atoms with van der Waals surface area (Å²) in [5, 5.41) is 0. The quantitative estimate of drug-likeness (QED) is 0.731. The van der Waals surface area contributed by atoms with E-state index in [1.165, 1.54) is 12.4 Å². The smallest absolute Gasteiger partial charge is 0.283 e. The monoisotopic (exact) mass is 348 g/mol. The predicted octanol–water partition coefficient (Wildman–Crippen LogP) is 2.98. The number of ether oxygens (including phenoxy) is 2. The first kappa shape index (κ1) is 14.8. The highest BCUT2D eigenvalue weighted by molar-refractivity contribution is 5.77. The Balaban J connectivity index is 1.77. The highest BCUT2D eigenvalue weighted by Gasteiger charge is 2.47. The van der Waals surface area contributed by atoms with Crippen molar-refractivity contribution in [2.24, 2.45) is 10.7 Å². The Labute approximate surface area is 148 Å². The number of rotatable bonds is 1. The highest BCUT2D eigenvalue weighted by Crippen LogP contribution is 2.52. The Morgan fingerprint density at radius 2 is 1.88 bits per heavy atom. The third-order valence-electron chi connectivity index (χ3n) is 4.67. The lowest BCUT2D eigenvalue weighted by atomic mass is 9.80. The zero-order valence-electron chi connectivity index (χ0n) is 13.5. The van der Waals surface area contributed by atoms with E-state index in [-0.39, 0.29) is 18.4 Å². The number of aromatic nitrogens is 2. The second-order valence-corrected chi connectivity index (χ2v) is 6.16. The molecule has 1 atom stereocenters. The lowest BCUT2D eigenvalue weighted by Gasteiger charge is -2.33. The summed E-state index contributed by atoms with van der Waals surface area (Å²) < 4.78 is 25.7. The van der Waals surface area contributed by atoms with Crippen molar-refractivity contribution in [1.29, 1.82) is 0 Å². The minimum atomic E-state index is -0.944. The van der Waals surface area contributed by atoms with Crippen LogP contribution in [0.1, 0.15) is 11.1 Å². The molecule has 2 aliphatic rings. The number of hydrogen-bond donors (Lipinski definition) is 1. The standard InChI is InChI=1S/C19H13FN4O2/c20-15-3-1-2-13-17(15)26-16-5-4-11(12-7-22-10-23-8-12)6-14(16)19(13)9-25-18(21)24-19/h1-8,10H,9H2,(H2,21,24)/t19-/m0/s1. The maximum atomic E-state index is 14.4. The molecule has 26 heavy (non-hydrogen) atoms. The van der Waals surface area contributed by atoms with E-state index in [2.05, 4.69) is 15.0 Å². The molecule has 7 heteroatoms. The van der Waals surface area contributed by atoms with Crippen LogP contribution in [-0.4, -0.2) is 22.6 Å². The van der Waals surface area contributed by atoms with Crippen LogP contribution in [0.15, 0.2) is 60.1 Å². The van der Waals surface area contributed by atoms with Gasteiger partial charge in [0.2, 0.25) is 0 Å². The zero-order chi connectivity index (χ0) is 17.7. The van der Waals surface area contributed by atoms with Gasteiger partial charge in [-0.25, -0.2) is 19.4 Å². The second-order valence-electron chi connectivity index (χ2n) is 6.16. The molecule has 6 nitrogen and oxygen atoms in total. The van der Waals surface area contributed by atoms with E-state index in [4.69, 9.17) is 15.2 Å².